The Morgan fingerprint density at radius 1 is 1.14 bits per heavy atom. The zero-order chi connectivity index (χ0) is 24.9. The number of thiophene rings is 1. The van der Waals surface area contributed by atoms with E-state index in [0.717, 1.165) is 12.0 Å². The van der Waals surface area contributed by atoms with Gasteiger partial charge in [0.05, 0.1) is 6.04 Å². The Morgan fingerprint density at radius 2 is 1.89 bits per heavy atom. The minimum atomic E-state index is -0.498. The molecule has 1 aliphatic heterocycles. The monoisotopic (exact) mass is 498 g/mol. The lowest BCUT2D eigenvalue weighted by molar-refractivity contribution is -0.136. The number of halogens is 2. The second-order valence-electron chi connectivity index (χ2n) is 8.62. The maximum absolute atomic E-state index is 13.8. The Bertz CT molecular complexity index is 1200. The van der Waals surface area contributed by atoms with E-state index in [2.05, 4.69) is 0 Å². The molecule has 0 bridgehead atoms. The predicted octanol–water partition coefficient (Wildman–Crippen LogP) is 5.47. The summed E-state index contributed by atoms with van der Waals surface area (Å²) < 4.78 is 33.3. The van der Waals surface area contributed by atoms with E-state index in [-0.39, 0.29) is 42.6 Å². The van der Waals surface area contributed by atoms with E-state index in [9.17, 15) is 18.4 Å². The SMILES string of the molecule is CC[C@@H](C)N(CC(=O)N1CCc2sccc2[C@@H]1COc1cccc(F)c1)C(=O)c1cccc(F)c1. The van der Waals surface area contributed by atoms with E-state index >= 15 is 0 Å². The number of rotatable bonds is 8. The first kappa shape index (κ1) is 24.9. The molecule has 0 N–H and O–H groups in total. The molecule has 3 aromatic rings. The van der Waals surface area contributed by atoms with Crippen molar-refractivity contribution in [1.82, 2.24) is 9.80 Å². The van der Waals surface area contributed by atoms with Gasteiger partial charge in [-0.15, -0.1) is 11.3 Å². The normalized spacial score (nSPS) is 15.9. The maximum Gasteiger partial charge on any atom is 0.254 e. The molecule has 0 unspecified atom stereocenters. The number of nitrogens with zero attached hydrogens (tertiary/aromatic N) is 2. The fourth-order valence-corrected chi connectivity index (χ4v) is 5.21. The van der Waals surface area contributed by atoms with Crippen molar-refractivity contribution in [2.45, 2.75) is 38.8 Å². The van der Waals surface area contributed by atoms with Crippen molar-refractivity contribution in [2.24, 2.45) is 0 Å². The first-order chi connectivity index (χ1) is 16.9. The Labute approximate surface area is 207 Å². The molecule has 2 amide bonds. The Balaban J connectivity index is 1.55. The first-order valence-electron chi connectivity index (χ1n) is 11.7. The molecular formula is C27H28F2N2O3S. The van der Waals surface area contributed by atoms with Crippen LogP contribution in [0.25, 0.3) is 0 Å². The fourth-order valence-electron chi connectivity index (χ4n) is 4.28. The standard InChI is InChI=1S/C27H28F2N2O3S/c1-3-18(2)31(27(33)19-6-4-7-20(28)14-19)16-26(32)30-12-10-25-23(11-13-35-25)24(30)17-34-22-9-5-8-21(29)15-22/h4-9,11,13-15,18,24H,3,10,12,16-17H2,1-2H3/t18-,24+/m1/s1. The summed E-state index contributed by atoms with van der Waals surface area (Å²) in [5.74, 6) is -1.09. The van der Waals surface area contributed by atoms with Crippen LogP contribution in [0.4, 0.5) is 8.78 Å². The predicted molar refractivity (Wildman–Crippen MR) is 132 cm³/mol. The van der Waals surface area contributed by atoms with Crippen LogP contribution < -0.4 is 4.74 Å². The van der Waals surface area contributed by atoms with Crippen LogP contribution in [-0.4, -0.2) is 47.4 Å². The van der Waals surface area contributed by atoms with Gasteiger partial charge in [0, 0.05) is 29.1 Å². The zero-order valence-electron chi connectivity index (χ0n) is 19.7. The third kappa shape index (κ3) is 5.70. The Hall–Kier alpha value is -3.26. The molecule has 1 aromatic heterocycles. The smallest absolute Gasteiger partial charge is 0.254 e. The molecule has 2 heterocycles. The molecule has 8 heteroatoms. The average molecular weight is 499 g/mol. The summed E-state index contributed by atoms with van der Waals surface area (Å²) >= 11 is 1.64. The van der Waals surface area contributed by atoms with Crippen LogP contribution in [0.3, 0.4) is 0 Å². The fraction of sp³-hybridized carbons (Fsp3) is 0.333. The lowest BCUT2D eigenvalue weighted by atomic mass is 10.00. The highest BCUT2D eigenvalue weighted by molar-refractivity contribution is 7.10. The summed E-state index contributed by atoms with van der Waals surface area (Å²) in [6.45, 7) is 4.35. The summed E-state index contributed by atoms with van der Waals surface area (Å²) in [5.41, 5.74) is 1.22. The maximum atomic E-state index is 13.8. The highest BCUT2D eigenvalue weighted by Gasteiger charge is 2.34. The summed E-state index contributed by atoms with van der Waals surface area (Å²) in [7, 11) is 0. The van der Waals surface area contributed by atoms with Crippen LogP contribution in [0, 0.1) is 11.6 Å². The lowest BCUT2D eigenvalue weighted by Crippen LogP contribution is -2.49. The highest BCUT2D eigenvalue weighted by Crippen LogP contribution is 2.34. The van der Waals surface area contributed by atoms with Crippen molar-refractivity contribution in [2.75, 3.05) is 19.7 Å². The summed E-state index contributed by atoms with van der Waals surface area (Å²) in [6, 6.07) is 12.8. The van der Waals surface area contributed by atoms with Crippen LogP contribution in [0.1, 0.15) is 47.1 Å². The van der Waals surface area contributed by atoms with Gasteiger partial charge < -0.3 is 14.5 Å². The van der Waals surface area contributed by atoms with Crippen molar-refractivity contribution in [3.8, 4) is 5.75 Å². The topological polar surface area (TPSA) is 49.9 Å². The zero-order valence-corrected chi connectivity index (χ0v) is 20.6. The van der Waals surface area contributed by atoms with Gasteiger partial charge in [0.15, 0.2) is 0 Å². The van der Waals surface area contributed by atoms with Crippen molar-refractivity contribution in [1.29, 1.82) is 0 Å². The summed E-state index contributed by atoms with van der Waals surface area (Å²) in [6.07, 6.45) is 1.37. The van der Waals surface area contributed by atoms with Crippen LogP contribution in [0.2, 0.25) is 0 Å². The van der Waals surface area contributed by atoms with E-state index in [4.69, 9.17) is 4.74 Å². The Morgan fingerprint density at radius 3 is 2.60 bits per heavy atom. The first-order valence-corrected chi connectivity index (χ1v) is 12.6. The second kappa shape index (κ2) is 11.0. The molecule has 4 rings (SSSR count). The van der Waals surface area contributed by atoms with Gasteiger partial charge in [-0.2, -0.15) is 0 Å². The number of benzene rings is 2. The molecule has 0 radical (unpaired) electrons. The third-order valence-corrected chi connectivity index (χ3v) is 7.38. The Kier molecular flexibility index (Phi) is 7.80. The van der Waals surface area contributed by atoms with Crippen molar-refractivity contribution >= 4 is 23.2 Å². The minimum absolute atomic E-state index is 0.125. The molecule has 0 saturated carbocycles. The van der Waals surface area contributed by atoms with Gasteiger partial charge in [-0.3, -0.25) is 9.59 Å². The molecule has 0 fully saturated rings. The number of carbonyl (C=O) groups excluding carboxylic acids is 2. The molecule has 1 aliphatic rings. The third-order valence-electron chi connectivity index (χ3n) is 6.38. The van der Waals surface area contributed by atoms with Crippen molar-refractivity contribution in [3.05, 3.63) is 87.6 Å². The number of amides is 2. The summed E-state index contributed by atoms with van der Waals surface area (Å²) in [5, 5.41) is 1.99. The van der Waals surface area contributed by atoms with Crippen LogP contribution in [0.5, 0.6) is 5.75 Å². The molecule has 0 aliphatic carbocycles. The number of fused-ring (bicyclic) bond motifs is 1. The molecular weight excluding hydrogens is 470 g/mol. The number of ether oxygens (including phenoxy) is 1. The van der Waals surface area contributed by atoms with Crippen LogP contribution >= 0.6 is 11.3 Å². The van der Waals surface area contributed by atoms with E-state index in [1.165, 1.54) is 40.1 Å². The van der Waals surface area contributed by atoms with Gasteiger partial charge in [0.2, 0.25) is 5.91 Å². The van der Waals surface area contributed by atoms with E-state index in [1.807, 2.05) is 25.3 Å². The summed E-state index contributed by atoms with van der Waals surface area (Å²) in [4.78, 5) is 31.2. The van der Waals surface area contributed by atoms with Gasteiger partial charge >= 0.3 is 0 Å². The van der Waals surface area contributed by atoms with Crippen LogP contribution in [0.15, 0.2) is 60.0 Å². The van der Waals surface area contributed by atoms with Crippen molar-refractivity contribution < 1.29 is 23.1 Å². The number of hydrogen-bond acceptors (Lipinski definition) is 4. The number of hydrogen-bond donors (Lipinski definition) is 0. The molecule has 35 heavy (non-hydrogen) atoms. The van der Waals surface area contributed by atoms with Gasteiger partial charge in [-0.1, -0.05) is 19.1 Å². The van der Waals surface area contributed by atoms with Gasteiger partial charge in [-0.25, -0.2) is 8.78 Å². The quantitative estimate of drug-likeness (QED) is 0.414. The highest BCUT2D eigenvalue weighted by atomic mass is 32.1. The number of carbonyl (C=O) groups is 2. The molecule has 2 aromatic carbocycles. The molecule has 5 nitrogen and oxygen atoms in total. The molecule has 0 saturated heterocycles. The van der Waals surface area contributed by atoms with E-state index in [0.29, 0.717) is 18.7 Å². The van der Waals surface area contributed by atoms with Gasteiger partial charge in [-0.05, 0) is 67.1 Å². The van der Waals surface area contributed by atoms with E-state index < -0.39 is 11.6 Å². The molecule has 184 valence electrons. The largest absolute Gasteiger partial charge is 0.491 e. The van der Waals surface area contributed by atoms with E-state index in [1.54, 1.807) is 34.4 Å². The second-order valence-corrected chi connectivity index (χ2v) is 9.62. The minimum Gasteiger partial charge on any atom is -0.491 e. The van der Waals surface area contributed by atoms with Crippen molar-refractivity contribution in [3.63, 3.8) is 0 Å². The van der Waals surface area contributed by atoms with Gasteiger partial charge in [0.1, 0.15) is 30.5 Å². The lowest BCUT2D eigenvalue weighted by Gasteiger charge is -2.38. The van der Waals surface area contributed by atoms with Crippen LogP contribution in [-0.2, 0) is 11.2 Å². The molecule has 2 atom stereocenters. The average Bonchev–Trinajstić information content (AvgIpc) is 3.34. The molecule has 0 spiro atoms. The van der Waals surface area contributed by atoms with Gasteiger partial charge in [0.25, 0.3) is 5.91 Å².